The molecule has 0 amide bonds. The lowest BCUT2D eigenvalue weighted by molar-refractivity contribution is 0.273. The number of hydrogen-bond donors (Lipinski definition) is 1. The molecule has 0 fully saturated rings. The van der Waals surface area contributed by atoms with Gasteiger partial charge in [0.05, 0.1) is 0 Å². The van der Waals surface area contributed by atoms with Gasteiger partial charge in [-0.1, -0.05) is 83.2 Å². The zero-order valence-electron chi connectivity index (χ0n) is 13.7. The minimum absolute atomic E-state index is 0.179. The van der Waals surface area contributed by atoms with Gasteiger partial charge in [-0.25, -0.2) is 0 Å². The first-order valence-electron chi connectivity index (χ1n) is 8.52. The molecule has 1 aromatic carbocycles. The molecular weight excluding hydrogens is 242 g/mol. The maximum Gasteiger partial charge on any atom is 0.0136 e. The molecule has 20 heavy (non-hydrogen) atoms. The highest BCUT2D eigenvalue weighted by Crippen LogP contribution is 2.38. The second-order valence-electron chi connectivity index (χ2n) is 6.12. The molecule has 2 N–H and O–H groups in total. The lowest BCUT2D eigenvalue weighted by atomic mass is 9.67. The molecule has 0 saturated carbocycles. The molecule has 1 atom stereocenters. The van der Waals surface area contributed by atoms with E-state index in [-0.39, 0.29) is 11.5 Å². The van der Waals surface area contributed by atoms with Gasteiger partial charge in [-0.05, 0) is 24.8 Å². The average molecular weight is 275 g/mol. The first-order chi connectivity index (χ1) is 9.71. The van der Waals surface area contributed by atoms with Gasteiger partial charge in [-0.2, -0.15) is 0 Å². The van der Waals surface area contributed by atoms with Crippen molar-refractivity contribution < 1.29 is 0 Å². The van der Waals surface area contributed by atoms with Crippen molar-refractivity contribution in [3.63, 3.8) is 0 Å². The number of hydrogen-bond acceptors (Lipinski definition) is 1. The summed E-state index contributed by atoms with van der Waals surface area (Å²) in [6.45, 7) is 6.83. The first kappa shape index (κ1) is 17.2. The van der Waals surface area contributed by atoms with Gasteiger partial charge < -0.3 is 5.73 Å². The molecule has 1 heteroatoms. The molecule has 114 valence electrons. The standard InChI is InChI=1S/C19H33N/c1-4-7-9-14-18(20)19(15-5-2,16-6-3)17-12-10-8-11-13-17/h8,10-13,18H,4-7,9,14-16,20H2,1-3H3. The van der Waals surface area contributed by atoms with Crippen molar-refractivity contribution in [3.05, 3.63) is 35.9 Å². The fraction of sp³-hybridized carbons (Fsp3) is 0.684. The van der Waals surface area contributed by atoms with Gasteiger partial charge in [0.25, 0.3) is 0 Å². The predicted molar refractivity (Wildman–Crippen MR) is 90.1 cm³/mol. The van der Waals surface area contributed by atoms with Crippen molar-refractivity contribution in [2.75, 3.05) is 0 Å². The summed E-state index contributed by atoms with van der Waals surface area (Å²) in [5.41, 5.74) is 8.33. The summed E-state index contributed by atoms with van der Waals surface area (Å²) >= 11 is 0. The lowest BCUT2D eigenvalue weighted by Crippen LogP contribution is -2.45. The summed E-state index contributed by atoms with van der Waals surface area (Å²) in [6, 6.07) is 11.3. The Morgan fingerprint density at radius 3 is 2.00 bits per heavy atom. The van der Waals surface area contributed by atoms with Crippen molar-refractivity contribution in [1.82, 2.24) is 0 Å². The zero-order valence-corrected chi connectivity index (χ0v) is 13.7. The van der Waals surface area contributed by atoms with Crippen molar-refractivity contribution in [1.29, 1.82) is 0 Å². The number of nitrogens with two attached hydrogens (primary N) is 1. The van der Waals surface area contributed by atoms with Crippen molar-refractivity contribution in [3.8, 4) is 0 Å². The minimum atomic E-state index is 0.179. The van der Waals surface area contributed by atoms with Crippen LogP contribution in [0.4, 0.5) is 0 Å². The number of benzene rings is 1. The van der Waals surface area contributed by atoms with E-state index >= 15 is 0 Å². The monoisotopic (exact) mass is 275 g/mol. The van der Waals surface area contributed by atoms with Gasteiger partial charge >= 0.3 is 0 Å². The number of rotatable bonds is 10. The van der Waals surface area contributed by atoms with Crippen LogP contribution < -0.4 is 5.73 Å². The van der Waals surface area contributed by atoms with E-state index in [1.54, 1.807) is 0 Å². The highest BCUT2D eigenvalue weighted by molar-refractivity contribution is 5.27. The smallest absolute Gasteiger partial charge is 0.0136 e. The molecular formula is C19H33N. The maximum atomic E-state index is 6.70. The minimum Gasteiger partial charge on any atom is -0.327 e. The highest BCUT2D eigenvalue weighted by Gasteiger charge is 2.36. The van der Waals surface area contributed by atoms with Gasteiger partial charge in [0.2, 0.25) is 0 Å². The van der Waals surface area contributed by atoms with E-state index in [0.717, 1.165) is 6.42 Å². The first-order valence-corrected chi connectivity index (χ1v) is 8.52. The Bertz CT molecular complexity index is 338. The molecule has 0 bridgehead atoms. The molecule has 0 aliphatic rings. The molecule has 1 aromatic rings. The Labute approximate surface area is 126 Å². The van der Waals surface area contributed by atoms with Gasteiger partial charge in [0, 0.05) is 11.5 Å². The van der Waals surface area contributed by atoms with Crippen LogP contribution in [0.3, 0.4) is 0 Å². The van der Waals surface area contributed by atoms with Crippen LogP contribution in [0.25, 0.3) is 0 Å². The summed E-state index contributed by atoms with van der Waals surface area (Å²) < 4.78 is 0. The molecule has 1 unspecified atom stereocenters. The van der Waals surface area contributed by atoms with E-state index in [4.69, 9.17) is 5.73 Å². The van der Waals surface area contributed by atoms with Gasteiger partial charge in [-0.15, -0.1) is 0 Å². The van der Waals surface area contributed by atoms with Crippen LogP contribution in [0.1, 0.15) is 77.7 Å². The molecule has 1 nitrogen and oxygen atoms in total. The predicted octanol–water partition coefficient (Wildman–Crippen LogP) is 5.43. The molecule has 0 aliphatic heterocycles. The molecule has 0 radical (unpaired) electrons. The molecule has 1 rings (SSSR count). The third-order valence-electron chi connectivity index (χ3n) is 4.57. The van der Waals surface area contributed by atoms with Crippen LogP contribution in [0.15, 0.2) is 30.3 Å². The Hall–Kier alpha value is -0.820. The SMILES string of the molecule is CCCCCC(N)C(CCC)(CCC)c1ccccc1. The topological polar surface area (TPSA) is 26.0 Å². The molecule has 0 aromatic heterocycles. The van der Waals surface area contributed by atoms with Gasteiger partial charge in [-0.3, -0.25) is 0 Å². The second kappa shape index (κ2) is 9.18. The Balaban J connectivity index is 2.97. The van der Waals surface area contributed by atoms with Crippen LogP contribution >= 0.6 is 0 Å². The summed E-state index contributed by atoms with van der Waals surface area (Å²) in [4.78, 5) is 0. The summed E-state index contributed by atoms with van der Waals surface area (Å²) in [6.07, 6.45) is 9.81. The van der Waals surface area contributed by atoms with E-state index in [0.29, 0.717) is 0 Å². The van der Waals surface area contributed by atoms with E-state index in [9.17, 15) is 0 Å². The quantitative estimate of drug-likeness (QED) is 0.566. The second-order valence-corrected chi connectivity index (χ2v) is 6.12. The van der Waals surface area contributed by atoms with E-state index in [1.165, 1.54) is 50.5 Å². The van der Waals surface area contributed by atoms with E-state index in [2.05, 4.69) is 51.1 Å². The van der Waals surface area contributed by atoms with Crippen LogP contribution in [0.2, 0.25) is 0 Å². The normalized spacial score (nSPS) is 13.4. The van der Waals surface area contributed by atoms with Crippen LogP contribution in [0.5, 0.6) is 0 Å². The third kappa shape index (κ3) is 4.34. The van der Waals surface area contributed by atoms with Crippen molar-refractivity contribution >= 4 is 0 Å². The third-order valence-corrected chi connectivity index (χ3v) is 4.57. The summed E-state index contributed by atoms with van der Waals surface area (Å²) in [5, 5.41) is 0. The lowest BCUT2D eigenvalue weighted by Gasteiger charge is -2.40. The average Bonchev–Trinajstić information content (AvgIpc) is 2.48. The Morgan fingerprint density at radius 1 is 0.900 bits per heavy atom. The molecule has 0 heterocycles. The van der Waals surface area contributed by atoms with Gasteiger partial charge in [0.15, 0.2) is 0 Å². The van der Waals surface area contributed by atoms with E-state index < -0.39 is 0 Å². The number of unbranched alkanes of at least 4 members (excludes halogenated alkanes) is 2. The molecule has 0 saturated heterocycles. The molecule has 0 spiro atoms. The van der Waals surface area contributed by atoms with Crippen molar-refractivity contribution in [2.45, 2.75) is 83.6 Å². The Morgan fingerprint density at radius 2 is 1.50 bits per heavy atom. The largest absolute Gasteiger partial charge is 0.327 e. The van der Waals surface area contributed by atoms with E-state index in [1.807, 2.05) is 0 Å². The van der Waals surface area contributed by atoms with Crippen LogP contribution in [0, 0.1) is 0 Å². The zero-order chi connectivity index (χ0) is 14.8. The van der Waals surface area contributed by atoms with Crippen LogP contribution in [-0.4, -0.2) is 6.04 Å². The van der Waals surface area contributed by atoms with Crippen LogP contribution in [-0.2, 0) is 5.41 Å². The molecule has 0 aliphatic carbocycles. The van der Waals surface area contributed by atoms with Crippen molar-refractivity contribution in [2.24, 2.45) is 5.73 Å². The fourth-order valence-corrected chi connectivity index (χ4v) is 3.55. The summed E-state index contributed by atoms with van der Waals surface area (Å²) in [7, 11) is 0. The maximum absolute atomic E-state index is 6.70. The van der Waals surface area contributed by atoms with Gasteiger partial charge in [0.1, 0.15) is 0 Å². The Kier molecular flexibility index (Phi) is 7.91. The highest BCUT2D eigenvalue weighted by atomic mass is 14.7. The summed E-state index contributed by atoms with van der Waals surface area (Å²) in [5.74, 6) is 0. The fourth-order valence-electron chi connectivity index (χ4n) is 3.55.